The third-order valence-corrected chi connectivity index (χ3v) is 3.93. The van der Waals surface area contributed by atoms with Gasteiger partial charge in [0.05, 0.1) is 11.0 Å². The Morgan fingerprint density at radius 2 is 1.76 bits per heavy atom. The summed E-state index contributed by atoms with van der Waals surface area (Å²) in [6, 6.07) is 19.2. The highest BCUT2D eigenvalue weighted by Crippen LogP contribution is 2.15. The van der Waals surface area contributed by atoms with Gasteiger partial charge in [0.15, 0.2) is 0 Å². The molecule has 3 rings (SSSR count). The van der Waals surface area contributed by atoms with Crippen molar-refractivity contribution >= 4 is 11.0 Å². The van der Waals surface area contributed by atoms with Crippen LogP contribution in [-0.2, 0) is 6.54 Å². The second kappa shape index (κ2) is 6.10. The molecule has 0 bridgehead atoms. The predicted molar refractivity (Wildman–Crippen MR) is 87.3 cm³/mol. The highest BCUT2D eigenvalue weighted by Gasteiger charge is 2.07. The zero-order chi connectivity index (χ0) is 14.7. The van der Waals surface area contributed by atoms with E-state index >= 15 is 0 Å². The fraction of sp³-hybridized carbons (Fsp3) is 0.278. The molecule has 0 amide bonds. The average Bonchev–Trinajstić information content (AvgIpc) is 2.84. The molecule has 1 atom stereocenters. The van der Waals surface area contributed by atoms with Gasteiger partial charge in [-0.15, -0.1) is 0 Å². The maximum Gasteiger partial charge on any atom is 0.106 e. The van der Waals surface area contributed by atoms with Crippen LogP contribution in [0.2, 0.25) is 0 Å². The van der Waals surface area contributed by atoms with Crippen LogP contribution in [0.5, 0.6) is 0 Å². The summed E-state index contributed by atoms with van der Waals surface area (Å²) in [6.45, 7) is 6.13. The number of hydrogen-bond acceptors (Lipinski definition) is 2. The van der Waals surface area contributed by atoms with Gasteiger partial charge in [0.25, 0.3) is 0 Å². The molecule has 0 saturated heterocycles. The first-order valence-corrected chi connectivity index (χ1v) is 7.46. The first kappa shape index (κ1) is 13.8. The lowest BCUT2D eigenvalue weighted by Crippen LogP contribution is -2.23. The van der Waals surface area contributed by atoms with Gasteiger partial charge < -0.3 is 9.88 Å². The minimum atomic E-state index is 0.362. The smallest absolute Gasteiger partial charge is 0.106 e. The summed E-state index contributed by atoms with van der Waals surface area (Å²) in [5, 5.41) is 3.58. The van der Waals surface area contributed by atoms with Gasteiger partial charge in [0, 0.05) is 19.1 Å². The van der Waals surface area contributed by atoms with Crippen LogP contribution in [0.1, 0.15) is 24.4 Å². The molecule has 21 heavy (non-hydrogen) atoms. The Labute approximate surface area is 125 Å². The normalized spacial score (nSPS) is 12.7. The van der Waals surface area contributed by atoms with Crippen LogP contribution in [0.3, 0.4) is 0 Å². The summed E-state index contributed by atoms with van der Waals surface area (Å²) >= 11 is 0. The van der Waals surface area contributed by atoms with Crippen molar-refractivity contribution in [1.29, 1.82) is 0 Å². The second-order valence-corrected chi connectivity index (χ2v) is 5.39. The maximum absolute atomic E-state index is 4.60. The van der Waals surface area contributed by atoms with Crippen molar-refractivity contribution in [2.75, 3.05) is 6.54 Å². The van der Waals surface area contributed by atoms with Crippen molar-refractivity contribution in [3.05, 3.63) is 66.0 Å². The Morgan fingerprint density at radius 1 is 1.05 bits per heavy atom. The molecule has 0 saturated carbocycles. The van der Waals surface area contributed by atoms with Crippen molar-refractivity contribution in [1.82, 2.24) is 14.9 Å². The summed E-state index contributed by atoms with van der Waals surface area (Å²) in [5.74, 6) is 1.07. The van der Waals surface area contributed by atoms with Gasteiger partial charge in [-0.1, -0.05) is 42.5 Å². The van der Waals surface area contributed by atoms with E-state index in [1.54, 1.807) is 0 Å². The number of fused-ring (bicyclic) bond motifs is 1. The number of rotatable bonds is 5. The van der Waals surface area contributed by atoms with Gasteiger partial charge in [-0.05, 0) is 31.5 Å². The zero-order valence-electron chi connectivity index (χ0n) is 12.6. The Bertz CT molecular complexity index is 716. The highest BCUT2D eigenvalue weighted by atomic mass is 15.1. The molecule has 0 radical (unpaired) electrons. The maximum atomic E-state index is 4.60. The van der Waals surface area contributed by atoms with Crippen LogP contribution >= 0.6 is 0 Å². The third kappa shape index (κ3) is 2.98. The molecule has 0 aliphatic rings. The SMILES string of the molecule is Cc1nc2ccccc2n1CCNC(C)c1ccccc1. The van der Waals surface area contributed by atoms with E-state index in [0.717, 1.165) is 24.4 Å². The Hall–Kier alpha value is -2.13. The molecule has 1 unspecified atom stereocenters. The first-order chi connectivity index (χ1) is 10.3. The van der Waals surface area contributed by atoms with Crippen LogP contribution < -0.4 is 5.32 Å². The molecule has 3 nitrogen and oxygen atoms in total. The lowest BCUT2D eigenvalue weighted by Gasteiger charge is -2.15. The van der Waals surface area contributed by atoms with Gasteiger partial charge in [-0.25, -0.2) is 4.98 Å². The number of hydrogen-bond donors (Lipinski definition) is 1. The summed E-state index contributed by atoms with van der Waals surface area (Å²) in [4.78, 5) is 4.60. The standard InChI is InChI=1S/C18H21N3/c1-14(16-8-4-3-5-9-16)19-12-13-21-15(2)20-17-10-6-7-11-18(17)21/h3-11,14,19H,12-13H2,1-2H3. The Balaban J connectivity index is 1.66. The Kier molecular flexibility index (Phi) is 4.02. The lowest BCUT2D eigenvalue weighted by molar-refractivity contribution is 0.531. The van der Waals surface area contributed by atoms with Crippen LogP contribution in [0, 0.1) is 6.92 Å². The quantitative estimate of drug-likeness (QED) is 0.772. The summed E-state index contributed by atoms with van der Waals surface area (Å²) in [6.07, 6.45) is 0. The number of benzene rings is 2. The van der Waals surface area contributed by atoms with Gasteiger partial charge in [-0.3, -0.25) is 0 Å². The van der Waals surface area contributed by atoms with E-state index in [-0.39, 0.29) is 0 Å². The van der Waals surface area contributed by atoms with Crippen molar-refractivity contribution in [3.8, 4) is 0 Å². The molecular weight excluding hydrogens is 258 g/mol. The molecule has 1 heterocycles. The van der Waals surface area contributed by atoms with Crippen LogP contribution in [0.25, 0.3) is 11.0 Å². The summed E-state index contributed by atoms with van der Waals surface area (Å²) in [5.41, 5.74) is 3.61. The third-order valence-electron chi connectivity index (χ3n) is 3.93. The topological polar surface area (TPSA) is 29.9 Å². The van der Waals surface area contributed by atoms with Crippen LogP contribution in [0.15, 0.2) is 54.6 Å². The first-order valence-electron chi connectivity index (χ1n) is 7.46. The lowest BCUT2D eigenvalue weighted by atomic mass is 10.1. The molecular formula is C18H21N3. The van der Waals surface area contributed by atoms with E-state index < -0.39 is 0 Å². The molecule has 0 fully saturated rings. The molecule has 1 N–H and O–H groups in total. The molecule has 1 aromatic heterocycles. The van der Waals surface area contributed by atoms with Crippen molar-refractivity contribution in [2.24, 2.45) is 0 Å². The van der Waals surface area contributed by atoms with E-state index in [0.29, 0.717) is 6.04 Å². The summed E-state index contributed by atoms with van der Waals surface area (Å²) in [7, 11) is 0. The van der Waals surface area contributed by atoms with E-state index in [1.165, 1.54) is 11.1 Å². The molecule has 3 heteroatoms. The minimum Gasteiger partial charge on any atom is -0.327 e. The van der Waals surface area contributed by atoms with Gasteiger partial charge in [0.2, 0.25) is 0 Å². The number of aryl methyl sites for hydroxylation is 1. The van der Waals surface area contributed by atoms with E-state index in [4.69, 9.17) is 0 Å². The number of imidazole rings is 1. The van der Waals surface area contributed by atoms with Gasteiger partial charge in [-0.2, -0.15) is 0 Å². The van der Waals surface area contributed by atoms with E-state index in [2.05, 4.69) is 77.2 Å². The Morgan fingerprint density at radius 3 is 2.57 bits per heavy atom. The number of para-hydroxylation sites is 2. The molecule has 108 valence electrons. The molecule has 3 aromatic rings. The fourth-order valence-corrected chi connectivity index (χ4v) is 2.73. The van der Waals surface area contributed by atoms with Crippen LogP contribution in [0.4, 0.5) is 0 Å². The predicted octanol–water partition coefficient (Wildman–Crippen LogP) is 3.70. The molecule has 0 aliphatic carbocycles. The fourth-order valence-electron chi connectivity index (χ4n) is 2.73. The monoisotopic (exact) mass is 279 g/mol. The number of nitrogens with zero attached hydrogens (tertiary/aromatic N) is 2. The summed E-state index contributed by atoms with van der Waals surface area (Å²) < 4.78 is 2.28. The largest absolute Gasteiger partial charge is 0.327 e. The van der Waals surface area contributed by atoms with Crippen molar-refractivity contribution < 1.29 is 0 Å². The number of nitrogens with one attached hydrogen (secondary N) is 1. The molecule has 0 spiro atoms. The van der Waals surface area contributed by atoms with Gasteiger partial charge in [0.1, 0.15) is 5.82 Å². The zero-order valence-corrected chi connectivity index (χ0v) is 12.6. The average molecular weight is 279 g/mol. The molecule has 0 aliphatic heterocycles. The molecule has 2 aromatic carbocycles. The second-order valence-electron chi connectivity index (χ2n) is 5.39. The highest BCUT2D eigenvalue weighted by molar-refractivity contribution is 5.75. The van der Waals surface area contributed by atoms with E-state index in [1.807, 2.05) is 6.07 Å². The van der Waals surface area contributed by atoms with Crippen molar-refractivity contribution in [2.45, 2.75) is 26.4 Å². The number of aromatic nitrogens is 2. The van der Waals surface area contributed by atoms with Crippen molar-refractivity contribution in [3.63, 3.8) is 0 Å². The van der Waals surface area contributed by atoms with Gasteiger partial charge >= 0.3 is 0 Å². The van der Waals surface area contributed by atoms with Crippen LogP contribution in [-0.4, -0.2) is 16.1 Å². The van der Waals surface area contributed by atoms with E-state index in [9.17, 15) is 0 Å². The minimum absolute atomic E-state index is 0.362.